The summed E-state index contributed by atoms with van der Waals surface area (Å²) in [6, 6.07) is 3.67. The smallest absolute Gasteiger partial charge is 0.250 e. The van der Waals surface area contributed by atoms with Crippen LogP contribution in [0.25, 0.3) is 10.1 Å². The number of nitrogens with one attached hydrogen (secondary N) is 1. The number of thiophene rings is 1. The fraction of sp³-hybridized carbons (Fsp3) is 0.300. The lowest BCUT2D eigenvalue weighted by molar-refractivity contribution is 0.583. The summed E-state index contributed by atoms with van der Waals surface area (Å²) in [7, 11) is -3.32. The second kappa shape index (κ2) is 3.51. The third-order valence-corrected chi connectivity index (χ3v) is 5.54. The van der Waals surface area contributed by atoms with Crippen molar-refractivity contribution in [1.82, 2.24) is 9.71 Å². The van der Waals surface area contributed by atoms with E-state index >= 15 is 0 Å². The molecule has 2 aromatic rings. The van der Waals surface area contributed by atoms with E-state index in [-0.39, 0.29) is 6.04 Å². The number of hydrogen-bond acceptors (Lipinski definition) is 4. The van der Waals surface area contributed by atoms with Crippen LogP contribution in [0.3, 0.4) is 0 Å². The van der Waals surface area contributed by atoms with E-state index < -0.39 is 10.0 Å². The van der Waals surface area contributed by atoms with Crippen LogP contribution in [0.4, 0.5) is 0 Å². The molecule has 6 heteroatoms. The first-order valence-electron chi connectivity index (χ1n) is 5.01. The number of sulfonamides is 1. The van der Waals surface area contributed by atoms with Crippen LogP contribution in [-0.2, 0) is 10.0 Å². The Morgan fingerprint density at radius 2 is 2.25 bits per heavy atom. The maximum atomic E-state index is 11.9. The zero-order valence-electron chi connectivity index (χ0n) is 8.38. The van der Waals surface area contributed by atoms with E-state index in [9.17, 15) is 8.42 Å². The van der Waals surface area contributed by atoms with Gasteiger partial charge in [0.2, 0.25) is 10.0 Å². The van der Waals surface area contributed by atoms with Gasteiger partial charge in [-0.25, -0.2) is 13.1 Å². The molecule has 1 saturated carbocycles. The van der Waals surface area contributed by atoms with Crippen LogP contribution in [0.15, 0.2) is 28.7 Å². The molecule has 16 heavy (non-hydrogen) atoms. The Morgan fingerprint density at radius 1 is 1.44 bits per heavy atom. The number of fused-ring (bicyclic) bond motifs is 1. The summed E-state index contributed by atoms with van der Waals surface area (Å²) in [5.74, 6) is 0. The normalized spacial score (nSPS) is 16.8. The van der Waals surface area contributed by atoms with Crippen molar-refractivity contribution in [2.45, 2.75) is 23.1 Å². The van der Waals surface area contributed by atoms with Crippen molar-refractivity contribution in [2.75, 3.05) is 0 Å². The van der Waals surface area contributed by atoms with E-state index in [1.54, 1.807) is 18.5 Å². The zero-order valence-corrected chi connectivity index (χ0v) is 10.0. The van der Waals surface area contributed by atoms with Crippen LogP contribution in [-0.4, -0.2) is 19.4 Å². The predicted molar refractivity (Wildman–Crippen MR) is 63.0 cm³/mol. The Balaban J connectivity index is 2.04. The standard InChI is InChI=1S/C10H10N2O2S2/c13-16(14,12-8-1-2-8)10-5-7-3-4-11-6-9(7)15-10/h3-6,8,12H,1-2H2. The molecule has 0 unspecified atom stereocenters. The van der Waals surface area contributed by atoms with Gasteiger partial charge in [0.15, 0.2) is 0 Å². The molecule has 0 bridgehead atoms. The summed E-state index contributed by atoms with van der Waals surface area (Å²) < 4.78 is 27.8. The summed E-state index contributed by atoms with van der Waals surface area (Å²) in [5, 5.41) is 0.927. The molecule has 0 atom stereocenters. The fourth-order valence-corrected chi connectivity index (χ4v) is 4.16. The van der Waals surface area contributed by atoms with Gasteiger partial charge in [0.1, 0.15) is 4.21 Å². The molecule has 1 aliphatic rings. The second-order valence-electron chi connectivity index (χ2n) is 3.87. The molecule has 84 valence electrons. The van der Waals surface area contributed by atoms with E-state index in [0.717, 1.165) is 22.9 Å². The third-order valence-electron chi connectivity index (χ3n) is 2.46. The minimum absolute atomic E-state index is 0.147. The molecular formula is C10H10N2O2S2. The fourth-order valence-electron chi connectivity index (χ4n) is 1.47. The molecule has 0 saturated heterocycles. The van der Waals surface area contributed by atoms with Crippen molar-refractivity contribution < 1.29 is 8.42 Å². The van der Waals surface area contributed by atoms with Gasteiger partial charge in [0.25, 0.3) is 0 Å². The number of hydrogen-bond donors (Lipinski definition) is 1. The van der Waals surface area contributed by atoms with Gasteiger partial charge >= 0.3 is 0 Å². The number of nitrogens with zero attached hydrogens (tertiary/aromatic N) is 1. The Kier molecular flexibility index (Phi) is 2.24. The van der Waals surface area contributed by atoms with Gasteiger partial charge in [-0.3, -0.25) is 4.98 Å². The molecule has 0 amide bonds. The highest BCUT2D eigenvalue weighted by Gasteiger charge is 2.28. The van der Waals surface area contributed by atoms with E-state index in [2.05, 4.69) is 9.71 Å². The van der Waals surface area contributed by atoms with E-state index in [0.29, 0.717) is 4.21 Å². The molecule has 2 heterocycles. The van der Waals surface area contributed by atoms with Gasteiger partial charge in [0.05, 0.1) is 4.70 Å². The van der Waals surface area contributed by atoms with Crippen molar-refractivity contribution in [2.24, 2.45) is 0 Å². The van der Waals surface area contributed by atoms with Crippen LogP contribution in [0.1, 0.15) is 12.8 Å². The molecule has 1 fully saturated rings. The van der Waals surface area contributed by atoms with Crippen LogP contribution in [0.5, 0.6) is 0 Å². The summed E-state index contributed by atoms with van der Waals surface area (Å²) in [4.78, 5) is 3.98. The first kappa shape index (κ1) is 10.2. The molecule has 1 aliphatic carbocycles. The highest BCUT2D eigenvalue weighted by Crippen LogP contribution is 2.30. The highest BCUT2D eigenvalue weighted by molar-refractivity contribution is 7.91. The monoisotopic (exact) mass is 254 g/mol. The van der Waals surface area contributed by atoms with Crippen molar-refractivity contribution in [3.05, 3.63) is 24.5 Å². The van der Waals surface area contributed by atoms with Gasteiger partial charge < -0.3 is 0 Å². The first-order chi connectivity index (χ1) is 7.65. The molecule has 0 radical (unpaired) electrons. The van der Waals surface area contributed by atoms with Crippen molar-refractivity contribution in [1.29, 1.82) is 0 Å². The quantitative estimate of drug-likeness (QED) is 0.907. The predicted octanol–water partition coefficient (Wildman–Crippen LogP) is 1.74. The second-order valence-corrected chi connectivity index (χ2v) is 6.90. The van der Waals surface area contributed by atoms with E-state index in [1.165, 1.54) is 11.3 Å². The number of rotatable bonds is 3. The topological polar surface area (TPSA) is 59.1 Å². The average Bonchev–Trinajstić information content (AvgIpc) is 2.94. The van der Waals surface area contributed by atoms with Crippen molar-refractivity contribution >= 4 is 31.4 Å². The minimum atomic E-state index is -3.32. The molecule has 4 nitrogen and oxygen atoms in total. The highest BCUT2D eigenvalue weighted by atomic mass is 32.2. The molecular weight excluding hydrogens is 244 g/mol. The Labute approximate surface area is 97.4 Å². The van der Waals surface area contributed by atoms with Crippen molar-refractivity contribution in [3.8, 4) is 0 Å². The van der Waals surface area contributed by atoms with Crippen molar-refractivity contribution in [3.63, 3.8) is 0 Å². The summed E-state index contributed by atoms with van der Waals surface area (Å²) >= 11 is 1.26. The first-order valence-corrected chi connectivity index (χ1v) is 7.31. The molecule has 0 aliphatic heterocycles. The molecule has 1 N–H and O–H groups in total. The number of aromatic nitrogens is 1. The van der Waals surface area contributed by atoms with Gasteiger partial charge in [0, 0.05) is 18.4 Å². The lowest BCUT2D eigenvalue weighted by Crippen LogP contribution is -2.24. The van der Waals surface area contributed by atoms with Gasteiger partial charge in [-0.2, -0.15) is 0 Å². The Morgan fingerprint density at radius 3 is 2.94 bits per heavy atom. The lowest BCUT2D eigenvalue weighted by Gasteiger charge is -2.00. The van der Waals surface area contributed by atoms with E-state index in [4.69, 9.17) is 0 Å². The van der Waals surface area contributed by atoms with Crippen LogP contribution in [0.2, 0.25) is 0 Å². The summed E-state index contributed by atoms with van der Waals surface area (Å²) in [6.07, 6.45) is 5.26. The largest absolute Gasteiger partial charge is 0.263 e. The maximum absolute atomic E-state index is 11.9. The Bertz CT molecular complexity index is 596. The van der Waals surface area contributed by atoms with Gasteiger partial charge in [-0.15, -0.1) is 11.3 Å². The lowest BCUT2D eigenvalue weighted by atomic mass is 10.3. The Hall–Kier alpha value is -0.980. The average molecular weight is 254 g/mol. The van der Waals surface area contributed by atoms with E-state index in [1.807, 2.05) is 6.07 Å². The third kappa shape index (κ3) is 1.83. The summed E-state index contributed by atoms with van der Waals surface area (Å²) in [6.45, 7) is 0. The van der Waals surface area contributed by atoms with Crippen LogP contribution >= 0.6 is 11.3 Å². The molecule has 0 aromatic carbocycles. The zero-order chi connectivity index (χ0) is 11.2. The molecule has 3 rings (SSSR count). The summed E-state index contributed by atoms with van der Waals surface area (Å²) in [5.41, 5.74) is 0. The van der Waals surface area contributed by atoms with Gasteiger partial charge in [-0.05, 0) is 30.4 Å². The number of pyridine rings is 1. The minimum Gasteiger partial charge on any atom is -0.263 e. The maximum Gasteiger partial charge on any atom is 0.250 e. The van der Waals surface area contributed by atoms with Crippen LogP contribution in [0, 0.1) is 0 Å². The van der Waals surface area contributed by atoms with Gasteiger partial charge in [-0.1, -0.05) is 0 Å². The SMILES string of the molecule is O=S(=O)(NC1CC1)c1cc2ccncc2s1. The van der Waals surface area contributed by atoms with Crippen LogP contribution < -0.4 is 4.72 Å². The molecule has 2 aromatic heterocycles. The molecule has 0 spiro atoms.